The van der Waals surface area contributed by atoms with E-state index in [1.807, 2.05) is 42.5 Å². The van der Waals surface area contributed by atoms with Crippen LogP contribution >= 0.6 is 11.8 Å². The largest absolute Gasteiger partial charge is 0.465 e. The summed E-state index contributed by atoms with van der Waals surface area (Å²) in [6.45, 7) is 0.287. The number of rotatable bonds is 6. The second kappa shape index (κ2) is 9.57. The van der Waals surface area contributed by atoms with Crippen molar-refractivity contribution in [3.05, 3.63) is 71.8 Å². The predicted molar refractivity (Wildman–Crippen MR) is 95.1 cm³/mol. The number of carbonyl (C=O) groups is 2. The number of methoxy groups -OCH3 is 1. The van der Waals surface area contributed by atoms with Crippen LogP contribution in [0, 0.1) is 0 Å². The van der Waals surface area contributed by atoms with Gasteiger partial charge in [-0.1, -0.05) is 54.6 Å². The Kier molecular flexibility index (Phi) is 7.11. The molecule has 0 bridgehead atoms. The molecule has 2 aromatic carbocycles. The molecule has 0 heterocycles. The van der Waals surface area contributed by atoms with E-state index >= 15 is 0 Å². The highest BCUT2D eigenvalue weighted by atomic mass is 32.2. The van der Waals surface area contributed by atoms with Gasteiger partial charge >= 0.3 is 11.3 Å². The molecule has 0 aliphatic rings. The molecule has 0 radical (unpaired) electrons. The van der Waals surface area contributed by atoms with Crippen LogP contribution in [0.5, 0.6) is 0 Å². The molecule has 24 heavy (non-hydrogen) atoms. The summed E-state index contributed by atoms with van der Waals surface area (Å²) < 4.78 is 9.87. The fourth-order valence-electron chi connectivity index (χ4n) is 1.95. The third-order valence-corrected chi connectivity index (χ3v) is 3.96. The van der Waals surface area contributed by atoms with Crippen LogP contribution < -0.4 is 0 Å². The first-order chi connectivity index (χ1) is 11.7. The van der Waals surface area contributed by atoms with Crippen LogP contribution in [0.3, 0.4) is 0 Å². The number of hydrogen-bond donors (Lipinski definition) is 0. The topological polar surface area (TPSA) is 52.6 Å². The molecular weight excluding hydrogens is 324 g/mol. The second-order valence-corrected chi connectivity index (χ2v) is 5.77. The zero-order valence-electron chi connectivity index (χ0n) is 13.3. The molecular formula is C19H18O4S. The van der Waals surface area contributed by atoms with E-state index in [0.29, 0.717) is 16.9 Å². The minimum atomic E-state index is -0.475. The monoisotopic (exact) mass is 342 g/mol. The molecule has 0 fully saturated rings. The minimum Gasteiger partial charge on any atom is -0.465 e. The molecule has 0 saturated heterocycles. The SMILES string of the molecule is COC(=O)c1ccccc1SC(=O)OCC/C=C/c1ccccc1. The Labute approximate surface area is 145 Å². The molecule has 0 N–H and O–H groups in total. The van der Waals surface area contributed by atoms with E-state index < -0.39 is 11.3 Å². The van der Waals surface area contributed by atoms with Crippen molar-refractivity contribution in [2.24, 2.45) is 0 Å². The summed E-state index contributed by atoms with van der Waals surface area (Å²) in [6, 6.07) is 16.7. The summed E-state index contributed by atoms with van der Waals surface area (Å²) >= 11 is 0.882. The highest BCUT2D eigenvalue weighted by molar-refractivity contribution is 8.13. The summed E-state index contributed by atoms with van der Waals surface area (Å²) in [6.07, 6.45) is 4.56. The van der Waals surface area contributed by atoms with E-state index in [-0.39, 0.29) is 6.61 Å². The zero-order valence-corrected chi connectivity index (χ0v) is 14.1. The van der Waals surface area contributed by atoms with E-state index in [2.05, 4.69) is 0 Å². The molecule has 2 aromatic rings. The summed E-state index contributed by atoms with van der Waals surface area (Å²) in [4.78, 5) is 24.0. The number of hydrogen-bond acceptors (Lipinski definition) is 5. The average molecular weight is 342 g/mol. The normalized spacial score (nSPS) is 10.5. The van der Waals surface area contributed by atoms with Crippen LogP contribution in [0.4, 0.5) is 4.79 Å². The van der Waals surface area contributed by atoms with E-state index in [1.54, 1.807) is 24.3 Å². The summed E-state index contributed by atoms with van der Waals surface area (Å²) in [5, 5.41) is -0.445. The maximum Gasteiger partial charge on any atom is 0.372 e. The predicted octanol–water partition coefficient (Wildman–Crippen LogP) is 4.81. The summed E-state index contributed by atoms with van der Waals surface area (Å²) in [5.41, 5.74) is 1.45. The van der Waals surface area contributed by atoms with Crippen molar-refractivity contribution in [3.63, 3.8) is 0 Å². The van der Waals surface area contributed by atoms with Gasteiger partial charge in [0.15, 0.2) is 0 Å². The number of thioether (sulfide) groups is 1. The molecule has 0 saturated carbocycles. The van der Waals surface area contributed by atoms with Gasteiger partial charge in [0.25, 0.3) is 0 Å². The van der Waals surface area contributed by atoms with Gasteiger partial charge in [0.1, 0.15) is 0 Å². The molecule has 0 aliphatic heterocycles. The summed E-state index contributed by atoms with van der Waals surface area (Å²) in [7, 11) is 1.31. The lowest BCUT2D eigenvalue weighted by atomic mass is 10.2. The molecule has 0 atom stereocenters. The van der Waals surface area contributed by atoms with Gasteiger partial charge in [-0.3, -0.25) is 0 Å². The van der Waals surface area contributed by atoms with E-state index in [0.717, 1.165) is 17.3 Å². The van der Waals surface area contributed by atoms with Crippen LogP contribution in [-0.2, 0) is 9.47 Å². The number of esters is 1. The quantitative estimate of drug-likeness (QED) is 0.428. The molecule has 2 rings (SSSR count). The Morgan fingerprint density at radius 2 is 1.75 bits per heavy atom. The maximum atomic E-state index is 11.9. The molecule has 5 heteroatoms. The van der Waals surface area contributed by atoms with Gasteiger partial charge in [-0.25, -0.2) is 9.59 Å². The fourth-order valence-corrected chi connectivity index (χ4v) is 2.68. The van der Waals surface area contributed by atoms with Crippen molar-refractivity contribution >= 4 is 29.1 Å². The lowest BCUT2D eigenvalue weighted by molar-refractivity contribution is 0.0597. The molecule has 124 valence electrons. The second-order valence-electron chi connectivity index (χ2n) is 4.79. The first-order valence-electron chi connectivity index (χ1n) is 7.44. The molecule has 0 aromatic heterocycles. The van der Waals surface area contributed by atoms with Crippen LogP contribution in [0.1, 0.15) is 22.3 Å². The van der Waals surface area contributed by atoms with Crippen molar-refractivity contribution in [1.82, 2.24) is 0 Å². The van der Waals surface area contributed by atoms with Crippen LogP contribution in [0.2, 0.25) is 0 Å². The number of benzene rings is 2. The molecule has 0 unspecified atom stereocenters. The van der Waals surface area contributed by atoms with Crippen LogP contribution in [0.15, 0.2) is 65.6 Å². The van der Waals surface area contributed by atoms with Crippen molar-refractivity contribution in [3.8, 4) is 0 Å². The Bertz CT molecular complexity index is 710. The Morgan fingerprint density at radius 1 is 1.04 bits per heavy atom. The first kappa shape index (κ1) is 17.8. The van der Waals surface area contributed by atoms with E-state index in [1.165, 1.54) is 7.11 Å². The standard InChI is InChI=1S/C19H18O4S/c1-22-18(20)16-12-5-6-13-17(16)24-19(21)23-14-8-7-11-15-9-3-2-4-10-15/h2-7,9-13H,8,14H2,1H3/b11-7+. The zero-order chi connectivity index (χ0) is 17.2. The van der Waals surface area contributed by atoms with Crippen LogP contribution in [0.25, 0.3) is 6.08 Å². The molecule has 4 nitrogen and oxygen atoms in total. The van der Waals surface area contributed by atoms with Crippen molar-refractivity contribution < 1.29 is 19.1 Å². The van der Waals surface area contributed by atoms with Gasteiger partial charge < -0.3 is 9.47 Å². The molecule has 0 amide bonds. The van der Waals surface area contributed by atoms with Crippen molar-refractivity contribution in [2.45, 2.75) is 11.3 Å². The lowest BCUT2D eigenvalue weighted by Crippen LogP contribution is -2.05. The van der Waals surface area contributed by atoms with Gasteiger partial charge in [0.05, 0.1) is 19.3 Å². The smallest absolute Gasteiger partial charge is 0.372 e. The first-order valence-corrected chi connectivity index (χ1v) is 8.26. The maximum absolute atomic E-state index is 11.9. The van der Waals surface area contributed by atoms with Crippen molar-refractivity contribution in [1.29, 1.82) is 0 Å². The van der Waals surface area contributed by atoms with Crippen molar-refractivity contribution in [2.75, 3.05) is 13.7 Å². The van der Waals surface area contributed by atoms with Gasteiger partial charge in [0, 0.05) is 4.90 Å². The Hall–Kier alpha value is -2.53. The highest BCUT2D eigenvalue weighted by Crippen LogP contribution is 2.25. The highest BCUT2D eigenvalue weighted by Gasteiger charge is 2.15. The number of ether oxygens (including phenoxy) is 2. The summed E-state index contributed by atoms with van der Waals surface area (Å²) in [5.74, 6) is -0.475. The Balaban J connectivity index is 1.80. The van der Waals surface area contributed by atoms with Gasteiger partial charge in [-0.05, 0) is 35.9 Å². The van der Waals surface area contributed by atoms with E-state index in [4.69, 9.17) is 9.47 Å². The molecule has 0 spiro atoms. The number of carbonyl (C=O) groups excluding carboxylic acids is 2. The lowest BCUT2D eigenvalue weighted by Gasteiger charge is -2.06. The van der Waals surface area contributed by atoms with Gasteiger partial charge in [-0.2, -0.15) is 0 Å². The third-order valence-electron chi connectivity index (χ3n) is 3.10. The fraction of sp³-hybridized carbons (Fsp3) is 0.158. The van der Waals surface area contributed by atoms with Gasteiger partial charge in [0.2, 0.25) is 0 Å². The molecule has 0 aliphatic carbocycles. The average Bonchev–Trinajstić information content (AvgIpc) is 2.62. The van der Waals surface area contributed by atoms with Crippen LogP contribution in [-0.4, -0.2) is 25.0 Å². The third kappa shape index (κ3) is 5.59. The van der Waals surface area contributed by atoms with Gasteiger partial charge in [-0.15, -0.1) is 0 Å². The van der Waals surface area contributed by atoms with E-state index in [9.17, 15) is 9.59 Å². The minimum absolute atomic E-state index is 0.287. The Morgan fingerprint density at radius 3 is 2.50 bits per heavy atom.